The number of benzene rings is 1. The zero-order chi connectivity index (χ0) is 26.7. The van der Waals surface area contributed by atoms with Crippen LogP contribution in [0.15, 0.2) is 18.2 Å². The number of piperidine rings is 1. The molecule has 0 aromatic heterocycles. The topological polar surface area (TPSA) is 73.8 Å². The highest BCUT2D eigenvalue weighted by molar-refractivity contribution is 5.74. The van der Waals surface area contributed by atoms with Crippen LogP contribution < -0.4 is 10.6 Å². The Labute approximate surface area is 221 Å². The largest absolute Gasteiger partial charge is 0.385 e. The molecule has 1 saturated heterocycles. The number of hydrogen-bond donors (Lipinski definition) is 3. The molecule has 1 aliphatic carbocycles. The van der Waals surface area contributed by atoms with Gasteiger partial charge in [-0.1, -0.05) is 44.2 Å². The van der Waals surface area contributed by atoms with E-state index in [4.69, 9.17) is 4.74 Å². The Hall–Kier alpha value is -1.77. The van der Waals surface area contributed by atoms with Crippen LogP contribution in [-0.4, -0.2) is 62.0 Å². The molecule has 210 valence electrons. The minimum atomic E-state index is -1.57. The summed E-state index contributed by atoms with van der Waals surface area (Å²) >= 11 is 0. The van der Waals surface area contributed by atoms with E-state index in [-0.39, 0.29) is 24.1 Å². The molecule has 37 heavy (non-hydrogen) atoms. The summed E-state index contributed by atoms with van der Waals surface area (Å²) in [6.07, 6.45) is 10.2. The second kappa shape index (κ2) is 15.0. The Bertz CT molecular complexity index is 837. The van der Waals surface area contributed by atoms with Gasteiger partial charge >= 0.3 is 6.03 Å². The van der Waals surface area contributed by atoms with Crippen molar-refractivity contribution < 1.29 is 23.4 Å². The molecule has 8 heteroatoms. The number of rotatable bonds is 13. The van der Waals surface area contributed by atoms with Crippen molar-refractivity contribution in [1.29, 1.82) is 0 Å². The van der Waals surface area contributed by atoms with E-state index in [1.165, 1.54) is 44.2 Å². The Balaban J connectivity index is 1.71. The van der Waals surface area contributed by atoms with Crippen molar-refractivity contribution in [3.05, 3.63) is 35.4 Å². The van der Waals surface area contributed by atoms with Gasteiger partial charge in [-0.25, -0.2) is 13.6 Å². The van der Waals surface area contributed by atoms with Crippen LogP contribution >= 0.6 is 0 Å². The van der Waals surface area contributed by atoms with Crippen LogP contribution in [0.25, 0.3) is 0 Å². The number of likely N-dealkylation sites (tertiary alicyclic amines) is 1. The Morgan fingerprint density at radius 3 is 2.70 bits per heavy atom. The lowest BCUT2D eigenvalue weighted by Crippen LogP contribution is -2.54. The molecule has 0 spiro atoms. The van der Waals surface area contributed by atoms with Gasteiger partial charge in [0, 0.05) is 50.4 Å². The molecule has 3 atom stereocenters. The van der Waals surface area contributed by atoms with Gasteiger partial charge in [0.2, 0.25) is 0 Å². The van der Waals surface area contributed by atoms with Gasteiger partial charge in [-0.05, 0) is 64.5 Å². The van der Waals surface area contributed by atoms with Crippen LogP contribution in [0.4, 0.5) is 13.6 Å². The van der Waals surface area contributed by atoms with Crippen LogP contribution in [-0.2, 0) is 10.3 Å². The third kappa shape index (κ3) is 8.36. The van der Waals surface area contributed by atoms with Gasteiger partial charge in [0.05, 0.1) is 5.60 Å². The third-order valence-corrected chi connectivity index (χ3v) is 8.22. The molecule has 3 rings (SSSR count). The number of ether oxygens (including phenoxy) is 1. The first-order valence-corrected chi connectivity index (χ1v) is 14.3. The van der Waals surface area contributed by atoms with Crippen molar-refractivity contribution >= 4 is 6.03 Å². The summed E-state index contributed by atoms with van der Waals surface area (Å²) < 4.78 is 34.6. The first-order chi connectivity index (χ1) is 17.9. The number of nitrogens with zero attached hydrogens (tertiary/aromatic N) is 1. The van der Waals surface area contributed by atoms with Crippen molar-refractivity contribution in [3.63, 3.8) is 0 Å². The van der Waals surface area contributed by atoms with Crippen molar-refractivity contribution in [2.75, 3.05) is 39.9 Å². The molecule has 1 heterocycles. The zero-order valence-corrected chi connectivity index (χ0v) is 22.7. The number of carbonyl (C=O) groups is 1. The Morgan fingerprint density at radius 1 is 1.19 bits per heavy atom. The standard InChI is InChI=1S/C29H47F2N3O3/c1-3-37-18-8-7-16-29(36,25-14-9-15-26(30)27(25)31)23-13-10-17-34(21-23)28(35)33-24(20-32-2)19-22-11-5-4-6-12-22/h9,14-15,22-24,32,36H,3-8,10-13,16-21H2,1-2H3,(H,33,35)/t23?,24?,29-/m0/s1. The van der Waals surface area contributed by atoms with E-state index in [0.717, 1.165) is 18.9 Å². The summed E-state index contributed by atoms with van der Waals surface area (Å²) in [7, 11) is 1.90. The number of carbonyl (C=O) groups excluding carboxylic acids is 1. The number of amides is 2. The predicted molar refractivity (Wildman–Crippen MR) is 142 cm³/mol. The van der Waals surface area contributed by atoms with Crippen molar-refractivity contribution in [2.45, 2.75) is 89.2 Å². The minimum absolute atomic E-state index is 0.0125. The number of halogens is 2. The van der Waals surface area contributed by atoms with Gasteiger partial charge in [-0.2, -0.15) is 0 Å². The molecule has 3 N–H and O–H groups in total. The lowest BCUT2D eigenvalue weighted by molar-refractivity contribution is -0.0593. The second-order valence-corrected chi connectivity index (χ2v) is 10.9. The number of nitrogens with one attached hydrogen (secondary N) is 2. The van der Waals surface area contributed by atoms with Crippen LogP contribution in [0, 0.1) is 23.5 Å². The number of hydrogen-bond acceptors (Lipinski definition) is 4. The molecule has 0 radical (unpaired) electrons. The van der Waals surface area contributed by atoms with Crippen LogP contribution in [0.5, 0.6) is 0 Å². The fourth-order valence-electron chi connectivity index (χ4n) is 6.22. The van der Waals surface area contributed by atoms with Gasteiger partial charge < -0.3 is 25.4 Å². The zero-order valence-electron chi connectivity index (χ0n) is 22.7. The number of urea groups is 1. The van der Waals surface area contributed by atoms with Gasteiger partial charge in [0.15, 0.2) is 11.6 Å². The lowest BCUT2D eigenvalue weighted by atomic mass is 9.74. The average molecular weight is 524 g/mol. The summed E-state index contributed by atoms with van der Waals surface area (Å²) in [6.45, 7) is 4.70. The molecule has 2 fully saturated rings. The average Bonchev–Trinajstić information content (AvgIpc) is 2.90. The van der Waals surface area contributed by atoms with Gasteiger partial charge in [0.25, 0.3) is 0 Å². The van der Waals surface area contributed by atoms with Crippen molar-refractivity contribution in [2.24, 2.45) is 11.8 Å². The van der Waals surface area contributed by atoms with Gasteiger partial charge in [-0.15, -0.1) is 0 Å². The summed E-state index contributed by atoms with van der Waals surface area (Å²) in [5.74, 6) is -1.72. The maximum Gasteiger partial charge on any atom is 0.317 e. The second-order valence-electron chi connectivity index (χ2n) is 10.9. The van der Waals surface area contributed by atoms with E-state index in [9.17, 15) is 18.7 Å². The summed E-state index contributed by atoms with van der Waals surface area (Å²) in [6, 6.07) is 3.90. The monoisotopic (exact) mass is 523 g/mol. The minimum Gasteiger partial charge on any atom is -0.385 e. The van der Waals surface area contributed by atoms with E-state index >= 15 is 0 Å². The summed E-state index contributed by atoms with van der Waals surface area (Å²) in [4.78, 5) is 15.1. The highest BCUT2D eigenvalue weighted by Crippen LogP contribution is 2.41. The van der Waals surface area contributed by atoms with E-state index in [1.807, 2.05) is 14.0 Å². The molecule has 1 aromatic rings. The third-order valence-electron chi connectivity index (χ3n) is 8.22. The molecule has 2 amide bonds. The first kappa shape index (κ1) is 29.8. The molecule has 1 saturated carbocycles. The summed E-state index contributed by atoms with van der Waals surface area (Å²) in [5.41, 5.74) is -1.58. The molecule has 2 aliphatic rings. The highest BCUT2D eigenvalue weighted by Gasteiger charge is 2.43. The highest BCUT2D eigenvalue weighted by atomic mass is 19.2. The normalized spacial score (nSPS) is 21.4. The fourth-order valence-corrected chi connectivity index (χ4v) is 6.22. The van der Waals surface area contributed by atoms with Crippen molar-refractivity contribution in [3.8, 4) is 0 Å². The van der Waals surface area contributed by atoms with E-state index in [1.54, 1.807) is 4.90 Å². The molecule has 2 unspecified atom stereocenters. The van der Waals surface area contributed by atoms with Crippen LogP contribution in [0.2, 0.25) is 0 Å². The first-order valence-electron chi connectivity index (χ1n) is 14.3. The van der Waals surface area contributed by atoms with Gasteiger partial charge in [-0.3, -0.25) is 0 Å². The van der Waals surface area contributed by atoms with E-state index in [0.29, 0.717) is 58.0 Å². The summed E-state index contributed by atoms with van der Waals surface area (Å²) in [5, 5.41) is 18.4. The Morgan fingerprint density at radius 2 is 1.97 bits per heavy atom. The van der Waals surface area contributed by atoms with Crippen LogP contribution in [0.3, 0.4) is 0 Å². The molecular weight excluding hydrogens is 476 g/mol. The quantitative estimate of drug-likeness (QED) is 0.305. The molecule has 1 aromatic carbocycles. The fraction of sp³-hybridized carbons (Fsp3) is 0.759. The number of unbranched alkanes of at least 4 members (excludes halogenated alkanes) is 1. The smallest absolute Gasteiger partial charge is 0.317 e. The molecule has 6 nitrogen and oxygen atoms in total. The lowest BCUT2D eigenvalue weighted by Gasteiger charge is -2.43. The number of likely N-dealkylation sites (N-methyl/N-ethyl adjacent to an activating group) is 1. The van der Waals surface area contributed by atoms with E-state index in [2.05, 4.69) is 10.6 Å². The Kier molecular flexibility index (Phi) is 12.1. The number of aliphatic hydroxyl groups is 1. The maximum atomic E-state index is 15.0. The SMILES string of the molecule is CCOCCCC[C@@](O)(c1cccc(F)c1F)C1CCCN(C(=O)NC(CNC)CC2CCCCC2)C1. The predicted octanol–water partition coefficient (Wildman–Crippen LogP) is 5.34. The molecular formula is C29H47F2N3O3. The van der Waals surface area contributed by atoms with Gasteiger partial charge in [0.1, 0.15) is 0 Å². The molecule has 1 aliphatic heterocycles. The van der Waals surface area contributed by atoms with E-state index < -0.39 is 23.2 Å². The maximum absolute atomic E-state index is 15.0. The van der Waals surface area contributed by atoms with Crippen molar-refractivity contribution in [1.82, 2.24) is 15.5 Å². The molecule has 0 bridgehead atoms. The van der Waals surface area contributed by atoms with Crippen LogP contribution in [0.1, 0.15) is 83.1 Å².